The molecule has 0 aliphatic rings. The summed E-state index contributed by atoms with van der Waals surface area (Å²) in [5, 5.41) is 11.5. The minimum atomic E-state index is 0.0662. The first-order chi connectivity index (χ1) is 12.2. The monoisotopic (exact) mass is 418 g/mol. The molecule has 0 radical (unpaired) electrons. The van der Waals surface area contributed by atoms with Crippen LogP contribution in [0.2, 0.25) is 0 Å². The summed E-state index contributed by atoms with van der Waals surface area (Å²) >= 11 is 5.03. The Morgan fingerprint density at radius 2 is 1.84 bits per heavy atom. The van der Waals surface area contributed by atoms with E-state index >= 15 is 0 Å². The molecule has 0 fully saturated rings. The number of nitrogens with zero attached hydrogens (tertiary/aromatic N) is 2. The van der Waals surface area contributed by atoms with Gasteiger partial charge >= 0.3 is 0 Å². The van der Waals surface area contributed by atoms with Crippen molar-refractivity contribution >= 4 is 33.0 Å². The topological polar surface area (TPSA) is 46.8 Å². The number of halogens is 1. The second kappa shape index (κ2) is 8.47. The summed E-state index contributed by atoms with van der Waals surface area (Å²) in [7, 11) is 0. The number of hydrogen-bond acceptors (Lipinski definition) is 4. The molecule has 130 valence electrons. The molecule has 0 unspecified atom stereocenters. The van der Waals surface area contributed by atoms with E-state index in [2.05, 4.69) is 33.4 Å². The summed E-state index contributed by atoms with van der Waals surface area (Å²) in [5.74, 6) is 0.839. The first-order valence-electron chi connectivity index (χ1n) is 8.04. The van der Waals surface area contributed by atoms with Gasteiger partial charge in [-0.05, 0) is 48.9 Å². The molecule has 6 heteroatoms. The lowest BCUT2D eigenvalue weighted by atomic mass is 10.2. The van der Waals surface area contributed by atoms with Gasteiger partial charge in [0, 0.05) is 16.4 Å². The van der Waals surface area contributed by atoms with Gasteiger partial charge in [0.25, 0.3) is 0 Å². The molecule has 1 heterocycles. The lowest BCUT2D eigenvalue weighted by Crippen LogP contribution is -2.17. The molecule has 25 heavy (non-hydrogen) atoms. The van der Waals surface area contributed by atoms with Crippen LogP contribution in [0.25, 0.3) is 11.3 Å². The van der Waals surface area contributed by atoms with Gasteiger partial charge in [0.15, 0.2) is 4.80 Å². The Hall–Kier alpha value is -1.89. The zero-order valence-electron chi connectivity index (χ0n) is 13.9. The van der Waals surface area contributed by atoms with Crippen molar-refractivity contribution in [2.75, 3.05) is 13.2 Å². The Morgan fingerprint density at radius 1 is 1.12 bits per heavy atom. The molecule has 0 atom stereocenters. The van der Waals surface area contributed by atoms with Crippen molar-refractivity contribution < 1.29 is 9.84 Å². The van der Waals surface area contributed by atoms with Crippen molar-refractivity contribution in [2.24, 2.45) is 4.99 Å². The fraction of sp³-hybridized carbons (Fsp3) is 0.211. The molecule has 0 saturated carbocycles. The van der Waals surface area contributed by atoms with Crippen LogP contribution in [0.1, 0.15) is 6.92 Å². The molecular formula is C19H19BrN2O2S. The van der Waals surface area contributed by atoms with Crippen LogP contribution in [-0.4, -0.2) is 22.9 Å². The van der Waals surface area contributed by atoms with Crippen LogP contribution < -0.4 is 9.54 Å². The molecule has 0 saturated heterocycles. The van der Waals surface area contributed by atoms with E-state index in [1.807, 2.05) is 47.9 Å². The van der Waals surface area contributed by atoms with E-state index in [0.717, 1.165) is 32.0 Å². The van der Waals surface area contributed by atoms with Crippen molar-refractivity contribution in [2.45, 2.75) is 13.5 Å². The van der Waals surface area contributed by atoms with E-state index in [1.165, 1.54) is 0 Å². The van der Waals surface area contributed by atoms with Crippen molar-refractivity contribution in [3.05, 3.63) is 63.2 Å². The number of aliphatic hydroxyl groups is 1. The summed E-state index contributed by atoms with van der Waals surface area (Å²) in [6, 6.07) is 15.9. The van der Waals surface area contributed by atoms with Crippen LogP contribution in [0.15, 0.2) is 63.4 Å². The molecule has 1 aromatic heterocycles. The van der Waals surface area contributed by atoms with E-state index in [1.54, 1.807) is 11.3 Å². The third-order valence-corrected chi connectivity index (χ3v) is 5.03. The van der Waals surface area contributed by atoms with Crippen molar-refractivity contribution in [1.29, 1.82) is 0 Å². The molecule has 4 nitrogen and oxygen atoms in total. The van der Waals surface area contributed by atoms with Crippen LogP contribution in [0.3, 0.4) is 0 Å². The largest absolute Gasteiger partial charge is 0.494 e. The summed E-state index contributed by atoms with van der Waals surface area (Å²) in [5.41, 5.74) is 3.01. The average Bonchev–Trinajstić information content (AvgIpc) is 3.01. The summed E-state index contributed by atoms with van der Waals surface area (Å²) in [6.07, 6.45) is 0. The SMILES string of the molecule is CCOc1ccc(N=c2scc(-c3ccc(Br)cc3)n2CCO)cc1. The highest BCUT2D eigenvalue weighted by Crippen LogP contribution is 2.23. The molecule has 3 aromatic rings. The van der Waals surface area contributed by atoms with Crippen LogP contribution in [-0.2, 0) is 6.54 Å². The number of rotatable bonds is 6. The second-order valence-corrected chi connectivity index (χ2v) is 7.08. The van der Waals surface area contributed by atoms with Gasteiger partial charge in [0.05, 0.1) is 24.6 Å². The zero-order chi connectivity index (χ0) is 17.6. The van der Waals surface area contributed by atoms with Crippen LogP contribution in [0.5, 0.6) is 5.75 Å². The molecule has 0 aliphatic carbocycles. The number of aliphatic hydroxyl groups excluding tert-OH is 1. The highest BCUT2D eigenvalue weighted by molar-refractivity contribution is 9.10. The smallest absolute Gasteiger partial charge is 0.190 e. The highest BCUT2D eigenvalue weighted by atomic mass is 79.9. The van der Waals surface area contributed by atoms with Gasteiger partial charge in [0.1, 0.15) is 5.75 Å². The second-order valence-electron chi connectivity index (χ2n) is 5.32. The van der Waals surface area contributed by atoms with Crippen molar-refractivity contribution in [3.63, 3.8) is 0 Å². The van der Waals surface area contributed by atoms with Gasteiger partial charge in [0.2, 0.25) is 0 Å². The normalized spacial score (nSPS) is 11.7. The van der Waals surface area contributed by atoms with Crippen LogP contribution in [0, 0.1) is 0 Å². The third kappa shape index (κ3) is 4.39. The number of hydrogen-bond donors (Lipinski definition) is 1. The molecule has 0 amide bonds. The van der Waals surface area contributed by atoms with E-state index in [9.17, 15) is 5.11 Å². The molecule has 3 rings (SSSR count). The number of ether oxygens (including phenoxy) is 1. The minimum Gasteiger partial charge on any atom is -0.494 e. The number of benzene rings is 2. The van der Waals surface area contributed by atoms with E-state index in [4.69, 9.17) is 9.73 Å². The Balaban J connectivity index is 1.99. The van der Waals surface area contributed by atoms with Crippen LogP contribution in [0.4, 0.5) is 5.69 Å². The highest BCUT2D eigenvalue weighted by Gasteiger charge is 2.08. The maximum absolute atomic E-state index is 9.46. The molecule has 0 bridgehead atoms. The quantitative estimate of drug-likeness (QED) is 0.635. The van der Waals surface area contributed by atoms with Gasteiger partial charge in [-0.1, -0.05) is 28.1 Å². The standard InChI is InChI=1S/C19H19BrN2O2S/c1-2-24-17-9-7-16(8-10-17)21-19-22(11-12-23)18(13-25-19)14-3-5-15(20)6-4-14/h3-10,13,23H,2,11-12H2,1H3. The van der Waals surface area contributed by atoms with Gasteiger partial charge in [-0.3, -0.25) is 0 Å². The number of aromatic nitrogens is 1. The average molecular weight is 419 g/mol. The van der Waals surface area contributed by atoms with Crippen LogP contribution >= 0.6 is 27.3 Å². The predicted octanol–water partition coefficient (Wildman–Crippen LogP) is 4.60. The molecular weight excluding hydrogens is 400 g/mol. The molecule has 0 spiro atoms. The molecule has 1 N–H and O–H groups in total. The minimum absolute atomic E-state index is 0.0662. The van der Waals surface area contributed by atoms with Gasteiger partial charge < -0.3 is 14.4 Å². The lowest BCUT2D eigenvalue weighted by Gasteiger charge is -2.07. The van der Waals surface area contributed by atoms with Crippen molar-refractivity contribution in [1.82, 2.24) is 4.57 Å². The Kier molecular flexibility index (Phi) is 6.07. The van der Waals surface area contributed by atoms with E-state index in [0.29, 0.717) is 13.2 Å². The summed E-state index contributed by atoms with van der Waals surface area (Å²) < 4.78 is 8.55. The fourth-order valence-electron chi connectivity index (χ4n) is 2.48. The number of thiazole rings is 1. The Labute approximate surface area is 159 Å². The summed E-state index contributed by atoms with van der Waals surface area (Å²) in [4.78, 5) is 5.59. The maximum atomic E-state index is 9.46. The fourth-order valence-corrected chi connectivity index (χ4v) is 3.70. The first kappa shape index (κ1) is 17.9. The Bertz CT molecular complexity index is 883. The molecule has 2 aromatic carbocycles. The first-order valence-corrected chi connectivity index (χ1v) is 9.71. The van der Waals surface area contributed by atoms with E-state index in [-0.39, 0.29) is 6.61 Å². The summed E-state index contributed by atoms with van der Waals surface area (Å²) in [6.45, 7) is 3.18. The Morgan fingerprint density at radius 3 is 2.48 bits per heavy atom. The van der Waals surface area contributed by atoms with Gasteiger partial charge in [-0.2, -0.15) is 0 Å². The predicted molar refractivity (Wildman–Crippen MR) is 105 cm³/mol. The van der Waals surface area contributed by atoms with Gasteiger partial charge in [-0.25, -0.2) is 4.99 Å². The van der Waals surface area contributed by atoms with Crippen molar-refractivity contribution in [3.8, 4) is 17.0 Å². The van der Waals surface area contributed by atoms with Gasteiger partial charge in [-0.15, -0.1) is 11.3 Å². The van der Waals surface area contributed by atoms with E-state index < -0.39 is 0 Å². The zero-order valence-corrected chi connectivity index (χ0v) is 16.3. The molecule has 0 aliphatic heterocycles. The lowest BCUT2D eigenvalue weighted by molar-refractivity contribution is 0.275. The maximum Gasteiger partial charge on any atom is 0.190 e. The third-order valence-electron chi connectivity index (χ3n) is 3.63.